The first-order chi connectivity index (χ1) is 8.63. The molecule has 2 rings (SSSR count). The van der Waals surface area contributed by atoms with Crippen LogP contribution in [0.25, 0.3) is 0 Å². The van der Waals surface area contributed by atoms with Crippen molar-refractivity contribution < 1.29 is 9.18 Å². The van der Waals surface area contributed by atoms with Gasteiger partial charge in [-0.3, -0.25) is 4.79 Å². The van der Waals surface area contributed by atoms with E-state index in [-0.39, 0.29) is 22.5 Å². The summed E-state index contributed by atoms with van der Waals surface area (Å²) in [6.45, 7) is 0. The van der Waals surface area contributed by atoms with Gasteiger partial charge in [-0.05, 0) is 30.9 Å². The summed E-state index contributed by atoms with van der Waals surface area (Å²) in [4.78, 5) is 12.0. The SMILES string of the molecule is O=C(NC1CCCC1CCl)c1cccc(Cl)c1F. The molecular weight excluding hydrogens is 276 g/mol. The van der Waals surface area contributed by atoms with Gasteiger partial charge in [0, 0.05) is 11.9 Å². The van der Waals surface area contributed by atoms with Gasteiger partial charge in [-0.15, -0.1) is 11.6 Å². The van der Waals surface area contributed by atoms with Gasteiger partial charge >= 0.3 is 0 Å². The third-order valence-electron chi connectivity index (χ3n) is 3.37. The van der Waals surface area contributed by atoms with Gasteiger partial charge in [-0.25, -0.2) is 4.39 Å². The normalized spacial score (nSPS) is 23.1. The summed E-state index contributed by atoms with van der Waals surface area (Å²) in [6.07, 6.45) is 2.94. The molecule has 1 aromatic carbocycles. The highest BCUT2D eigenvalue weighted by Gasteiger charge is 2.28. The fourth-order valence-corrected chi connectivity index (χ4v) is 2.88. The minimum absolute atomic E-state index is 0.0114. The van der Waals surface area contributed by atoms with Gasteiger partial charge in [0.25, 0.3) is 5.91 Å². The molecule has 1 aromatic rings. The molecule has 0 aromatic heterocycles. The third-order valence-corrected chi connectivity index (χ3v) is 4.06. The number of hydrogen-bond donors (Lipinski definition) is 1. The number of nitrogens with one attached hydrogen (secondary N) is 1. The molecule has 0 radical (unpaired) electrons. The summed E-state index contributed by atoms with van der Waals surface area (Å²) >= 11 is 11.5. The molecule has 5 heteroatoms. The Morgan fingerprint density at radius 2 is 2.22 bits per heavy atom. The van der Waals surface area contributed by atoms with E-state index in [0.29, 0.717) is 5.88 Å². The van der Waals surface area contributed by atoms with Gasteiger partial charge in [-0.2, -0.15) is 0 Å². The van der Waals surface area contributed by atoms with Gasteiger partial charge in [0.15, 0.2) is 5.82 Å². The molecule has 2 nitrogen and oxygen atoms in total. The minimum Gasteiger partial charge on any atom is -0.349 e. The number of benzene rings is 1. The van der Waals surface area contributed by atoms with Gasteiger partial charge in [0.2, 0.25) is 0 Å². The van der Waals surface area contributed by atoms with E-state index in [1.165, 1.54) is 12.1 Å². The maximum absolute atomic E-state index is 13.7. The lowest BCUT2D eigenvalue weighted by molar-refractivity contribution is 0.0926. The van der Waals surface area contributed by atoms with Crippen molar-refractivity contribution in [1.29, 1.82) is 0 Å². The van der Waals surface area contributed by atoms with E-state index < -0.39 is 11.7 Å². The first-order valence-electron chi connectivity index (χ1n) is 5.94. The summed E-state index contributed by atoms with van der Waals surface area (Å²) in [7, 11) is 0. The molecule has 2 unspecified atom stereocenters. The van der Waals surface area contributed by atoms with Crippen LogP contribution in [-0.4, -0.2) is 17.8 Å². The second-order valence-electron chi connectivity index (χ2n) is 4.53. The summed E-state index contributed by atoms with van der Waals surface area (Å²) in [5, 5.41) is 2.80. The van der Waals surface area contributed by atoms with Gasteiger partial charge in [0.1, 0.15) is 0 Å². The van der Waals surface area contributed by atoms with Crippen LogP contribution in [0.4, 0.5) is 4.39 Å². The molecule has 1 aliphatic rings. The molecule has 1 fully saturated rings. The predicted octanol–water partition coefficient (Wildman–Crippen LogP) is 3.62. The fraction of sp³-hybridized carbons (Fsp3) is 0.462. The van der Waals surface area contributed by atoms with Crippen molar-refractivity contribution in [3.63, 3.8) is 0 Å². The highest BCUT2D eigenvalue weighted by atomic mass is 35.5. The molecule has 0 aliphatic heterocycles. The molecule has 1 N–H and O–H groups in total. The van der Waals surface area contributed by atoms with E-state index in [0.717, 1.165) is 19.3 Å². The average Bonchev–Trinajstić information content (AvgIpc) is 2.79. The van der Waals surface area contributed by atoms with Crippen LogP contribution in [0, 0.1) is 11.7 Å². The number of rotatable bonds is 3. The zero-order valence-electron chi connectivity index (χ0n) is 9.76. The molecule has 1 aliphatic carbocycles. The lowest BCUT2D eigenvalue weighted by Crippen LogP contribution is -2.38. The number of carbonyl (C=O) groups excluding carboxylic acids is 1. The summed E-state index contributed by atoms with van der Waals surface area (Å²) in [6, 6.07) is 4.45. The molecule has 18 heavy (non-hydrogen) atoms. The van der Waals surface area contributed by atoms with Crippen molar-refractivity contribution >= 4 is 29.1 Å². The predicted molar refractivity (Wildman–Crippen MR) is 70.7 cm³/mol. The quantitative estimate of drug-likeness (QED) is 0.846. The highest BCUT2D eigenvalue weighted by Crippen LogP contribution is 2.27. The zero-order chi connectivity index (χ0) is 13.1. The van der Waals surface area contributed by atoms with Crippen molar-refractivity contribution in [3.8, 4) is 0 Å². The van der Waals surface area contributed by atoms with E-state index in [1.54, 1.807) is 6.07 Å². The van der Waals surface area contributed by atoms with Crippen LogP contribution in [0.1, 0.15) is 29.6 Å². The summed E-state index contributed by atoms with van der Waals surface area (Å²) in [5.41, 5.74) is -0.0114. The summed E-state index contributed by atoms with van der Waals surface area (Å²) < 4.78 is 13.7. The number of carbonyl (C=O) groups is 1. The highest BCUT2D eigenvalue weighted by molar-refractivity contribution is 6.31. The molecule has 0 heterocycles. The lowest BCUT2D eigenvalue weighted by atomic mass is 10.1. The number of halogens is 3. The fourth-order valence-electron chi connectivity index (χ4n) is 2.34. The number of hydrogen-bond acceptors (Lipinski definition) is 1. The molecule has 1 saturated carbocycles. The van der Waals surface area contributed by atoms with Crippen molar-refractivity contribution in [2.24, 2.45) is 5.92 Å². The average molecular weight is 290 g/mol. The first-order valence-corrected chi connectivity index (χ1v) is 6.85. The van der Waals surface area contributed by atoms with E-state index in [9.17, 15) is 9.18 Å². The van der Waals surface area contributed by atoms with Gasteiger partial charge in [-0.1, -0.05) is 24.1 Å². The second kappa shape index (κ2) is 5.89. The Labute approximate surface area is 115 Å². The Morgan fingerprint density at radius 3 is 2.94 bits per heavy atom. The van der Waals surface area contributed by atoms with Crippen molar-refractivity contribution in [2.75, 3.05) is 5.88 Å². The number of amides is 1. The monoisotopic (exact) mass is 289 g/mol. The Hall–Kier alpha value is -0.800. The minimum atomic E-state index is -0.669. The Morgan fingerprint density at radius 1 is 1.44 bits per heavy atom. The van der Waals surface area contributed by atoms with Crippen LogP contribution < -0.4 is 5.32 Å². The van der Waals surface area contributed by atoms with Crippen LogP contribution in [0.15, 0.2) is 18.2 Å². The summed E-state index contributed by atoms with van der Waals surface area (Å²) in [5.74, 6) is -0.296. The van der Waals surface area contributed by atoms with Gasteiger partial charge < -0.3 is 5.32 Å². The molecule has 0 spiro atoms. The van der Waals surface area contributed by atoms with E-state index in [1.807, 2.05) is 0 Å². The van der Waals surface area contributed by atoms with Crippen molar-refractivity contribution in [1.82, 2.24) is 5.32 Å². The van der Waals surface area contributed by atoms with Crippen LogP contribution in [0.5, 0.6) is 0 Å². The standard InChI is InChI=1S/C13H14Cl2FNO/c14-7-8-3-1-6-11(8)17-13(18)9-4-2-5-10(15)12(9)16/h2,4-5,8,11H,1,3,6-7H2,(H,17,18). The number of alkyl halides is 1. The smallest absolute Gasteiger partial charge is 0.254 e. The maximum atomic E-state index is 13.7. The molecule has 0 bridgehead atoms. The van der Waals surface area contributed by atoms with E-state index in [2.05, 4.69) is 5.32 Å². The van der Waals surface area contributed by atoms with Gasteiger partial charge in [0.05, 0.1) is 10.6 Å². The zero-order valence-corrected chi connectivity index (χ0v) is 11.3. The first kappa shape index (κ1) is 13.6. The molecular formula is C13H14Cl2FNO. The van der Waals surface area contributed by atoms with E-state index in [4.69, 9.17) is 23.2 Å². The van der Waals surface area contributed by atoms with Crippen molar-refractivity contribution in [2.45, 2.75) is 25.3 Å². The van der Waals surface area contributed by atoms with E-state index >= 15 is 0 Å². The van der Waals surface area contributed by atoms with Crippen LogP contribution >= 0.6 is 23.2 Å². The van der Waals surface area contributed by atoms with Crippen molar-refractivity contribution in [3.05, 3.63) is 34.6 Å². The Kier molecular flexibility index (Phi) is 4.46. The van der Waals surface area contributed by atoms with Crippen LogP contribution in [-0.2, 0) is 0 Å². The Balaban J connectivity index is 2.10. The van der Waals surface area contributed by atoms with Crippen LogP contribution in [0.3, 0.4) is 0 Å². The maximum Gasteiger partial charge on any atom is 0.254 e. The largest absolute Gasteiger partial charge is 0.349 e. The topological polar surface area (TPSA) is 29.1 Å². The molecule has 98 valence electrons. The molecule has 2 atom stereocenters. The Bertz CT molecular complexity index is 453. The molecule has 0 saturated heterocycles. The lowest BCUT2D eigenvalue weighted by Gasteiger charge is -2.19. The third kappa shape index (κ3) is 2.78. The second-order valence-corrected chi connectivity index (χ2v) is 5.24. The van der Waals surface area contributed by atoms with Crippen LogP contribution in [0.2, 0.25) is 5.02 Å². The molecule has 1 amide bonds.